The van der Waals surface area contributed by atoms with Crippen molar-refractivity contribution in [3.63, 3.8) is 0 Å². The van der Waals surface area contributed by atoms with Crippen molar-refractivity contribution in [1.82, 2.24) is 0 Å². The van der Waals surface area contributed by atoms with Gasteiger partial charge in [-0.15, -0.1) is 11.3 Å². The third-order valence-electron chi connectivity index (χ3n) is 1.89. The molecule has 2 atom stereocenters. The van der Waals surface area contributed by atoms with Gasteiger partial charge in [-0.2, -0.15) is 0 Å². The van der Waals surface area contributed by atoms with Gasteiger partial charge in [-0.1, -0.05) is 0 Å². The summed E-state index contributed by atoms with van der Waals surface area (Å²) in [6, 6.07) is 2.64. The van der Waals surface area contributed by atoms with Crippen LogP contribution in [0.1, 0.15) is 24.3 Å². The molecule has 0 saturated heterocycles. The van der Waals surface area contributed by atoms with E-state index in [1.165, 1.54) is 10.4 Å². The van der Waals surface area contributed by atoms with E-state index in [2.05, 4.69) is 11.4 Å². The predicted molar refractivity (Wildman–Crippen MR) is 59.0 cm³/mol. The zero-order chi connectivity index (χ0) is 9.84. The SMILES string of the molecule is CC(N)Cc1ccsc1CC(C)N. The van der Waals surface area contributed by atoms with Crippen molar-refractivity contribution in [3.05, 3.63) is 21.9 Å². The Labute approximate surface area is 83.9 Å². The molecule has 0 fully saturated rings. The summed E-state index contributed by atoms with van der Waals surface area (Å²) in [4.78, 5) is 1.40. The zero-order valence-electron chi connectivity index (χ0n) is 8.29. The summed E-state index contributed by atoms with van der Waals surface area (Å²) in [5, 5.41) is 2.12. The fourth-order valence-corrected chi connectivity index (χ4v) is 2.43. The Morgan fingerprint density at radius 1 is 1.23 bits per heavy atom. The summed E-state index contributed by atoms with van der Waals surface area (Å²) in [7, 11) is 0. The second-order valence-electron chi connectivity index (χ2n) is 3.73. The molecule has 0 aliphatic heterocycles. The molecule has 4 N–H and O–H groups in total. The molecule has 74 valence electrons. The number of rotatable bonds is 4. The van der Waals surface area contributed by atoms with Crippen LogP contribution in [0.5, 0.6) is 0 Å². The third kappa shape index (κ3) is 3.46. The lowest BCUT2D eigenvalue weighted by atomic mass is 10.1. The molecule has 0 saturated carbocycles. The van der Waals surface area contributed by atoms with Crippen LogP contribution in [0.2, 0.25) is 0 Å². The molecule has 0 aliphatic carbocycles. The Morgan fingerprint density at radius 3 is 2.38 bits per heavy atom. The van der Waals surface area contributed by atoms with E-state index in [4.69, 9.17) is 11.5 Å². The lowest BCUT2D eigenvalue weighted by Crippen LogP contribution is -2.21. The number of nitrogens with two attached hydrogens (primary N) is 2. The fourth-order valence-electron chi connectivity index (χ4n) is 1.37. The highest BCUT2D eigenvalue weighted by Crippen LogP contribution is 2.19. The Morgan fingerprint density at radius 2 is 1.85 bits per heavy atom. The van der Waals surface area contributed by atoms with Gasteiger partial charge in [-0.3, -0.25) is 0 Å². The van der Waals surface area contributed by atoms with Crippen molar-refractivity contribution in [2.24, 2.45) is 11.5 Å². The van der Waals surface area contributed by atoms with Crippen molar-refractivity contribution in [2.45, 2.75) is 38.8 Å². The largest absolute Gasteiger partial charge is 0.328 e. The summed E-state index contributed by atoms with van der Waals surface area (Å²) in [6.45, 7) is 4.07. The summed E-state index contributed by atoms with van der Waals surface area (Å²) < 4.78 is 0. The van der Waals surface area contributed by atoms with Crippen LogP contribution in [0, 0.1) is 0 Å². The van der Waals surface area contributed by atoms with E-state index in [1.54, 1.807) is 11.3 Å². The first kappa shape index (κ1) is 10.7. The zero-order valence-corrected chi connectivity index (χ0v) is 9.10. The standard InChI is InChI=1S/C10H18N2S/c1-7(11)5-9-3-4-13-10(9)6-8(2)12/h3-4,7-8H,5-6,11-12H2,1-2H3. The summed E-state index contributed by atoms with van der Waals surface area (Å²) in [6.07, 6.45) is 1.94. The monoisotopic (exact) mass is 198 g/mol. The van der Waals surface area contributed by atoms with Crippen molar-refractivity contribution >= 4 is 11.3 Å². The van der Waals surface area contributed by atoms with Gasteiger partial charge in [0.05, 0.1) is 0 Å². The topological polar surface area (TPSA) is 52.0 Å². The van der Waals surface area contributed by atoms with Gasteiger partial charge in [0.15, 0.2) is 0 Å². The Hall–Kier alpha value is -0.380. The molecule has 0 spiro atoms. The second kappa shape index (κ2) is 4.74. The third-order valence-corrected chi connectivity index (χ3v) is 2.87. The second-order valence-corrected chi connectivity index (χ2v) is 4.73. The molecule has 0 bridgehead atoms. The van der Waals surface area contributed by atoms with E-state index in [0.717, 1.165) is 12.8 Å². The molecule has 0 aromatic carbocycles. The molecule has 1 rings (SSSR count). The molecule has 1 aromatic heterocycles. The van der Waals surface area contributed by atoms with Crippen LogP contribution in [0.3, 0.4) is 0 Å². The minimum absolute atomic E-state index is 0.237. The summed E-state index contributed by atoms with van der Waals surface area (Å²) in [5.74, 6) is 0. The van der Waals surface area contributed by atoms with Gasteiger partial charge in [0.1, 0.15) is 0 Å². The molecule has 0 aliphatic rings. The highest BCUT2D eigenvalue weighted by atomic mass is 32.1. The minimum Gasteiger partial charge on any atom is -0.328 e. The molecular formula is C10H18N2S. The maximum atomic E-state index is 5.76. The van der Waals surface area contributed by atoms with Crippen LogP contribution in [0.15, 0.2) is 11.4 Å². The van der Waals surface area contributed by atoms with Crippen molar-refractivity contribution in [3.8, 4) is 0 Å². The molecule has 1 heterocycles. The molecule has 0 amide bonds. The van der Waals surface area contributed by atoms with Gasteiger partial charge < -0.3 is 11.5 Å². The van der Waals surface area contributed by atoms with E-state index in [-0.39, 0.29) is 12.1 Å². The Kier molecular flexibility index (Phi) is 3.90. The number of thiophene rings is 1. The number of hydrogen-bond acceptors (Lipinski definition) is 3. The molecule has 2 unspecified atom stereocenters. The van der Waals surface area contributed by atoms with Gasteiger partial charge in [0, 0.05) is 17.0 Å². The van der Waals surface area contributed by atoms with E-state index >= 15 is 0 Å². The van der Waals surface area contributed by atoms with E-state index < -0.39 is 0 Å². The molecular weight excluding hydrogens is 180 g/mol. The van der Waals surface area contributed by atoms with Crippen LogP contribution in [-0.4, -0.2) is 12.1 Å². The van der Waals surface area contributed by atoms with Crippen LogP contribution < -0.4 is 11.5 Å². The summed E-state index contributed by atoms with van der Waals surface area (Å²) in [5.41, 5.74) is 12.9. The minimum atomic E-state index is 0.237. The van der Waals surface area contributed by atoms with E-state index in [1.807, 2.05) is 13.8 Å². The Bertz CT molecular complexity index is 229. The maximum Gasteiger partial charge on any atom is 0.00930 e. The van der Waals surface area contributed by atoms with E-state index in [9.17, 15) is 0 Å². The first-order chi connectivity index (χ1) is 6.09. The van der Waals surface area contributed by atoms with Crippen molar-refractivity contribution in [1.29, 1.82) is 0 Å². The van der Waals surface area contributed by atoms with E-state index in [0.29, 0.717) is 0 Å². The highest BCUT2D eigenvalue weighted by Gasteiger charge is 2.07. The first-order valence-electron chi connectivity index (χ1n) is 4.66. The van der Waals surface area contributed by atoms with Crippen molar-refractivity contribution in [2.75, 3.05) is 0 Å². The van der Waals surface area contributed by atoms with Crippen LogP contribution >= 0.6 is 11.3 Å². The predicted octanol–water partition coefficient (Wildman–Crippen LogP) is 1.53. The van der Waals surface area contributed by atoms with Gasteiger partial charge in [0.2, 0.25) is 0 Å². The van der Waals surface area contributed by atoms with Gasteiger partial charge >= 0.3 is 0 Å². The van der Waals surface area contributed by atoms with Crippen LogP contribution in [0.4, 0.5) is 0 Å². The quantitative estimate of drug-likeness (QED) is 0.771. The van der Waals surface area contributed by atoms with Crippen molar-refractivity contribution < 1.29 is 0 Å². The first-order valence-corrected chi connectivity index (χ1v) is 5.54. The summed E-state index contributed by atoms with van der Waals surface area (Å²) >= 11 is 1.78. The smallest absolute Gasteiger partial charge is 0.00930 e. The maximum absolute atomic E-state index is 5.76. The number of hydrogen-bond donors (Lipinski definition) is 2. The van der Waals surface area contributed by atoms with Crippen LogP contribution in [-0.2, 0) is 12.8 Å². The normalized spacial score (nSPS) is 15.7. The molecule has 13 heavy (non-hydrogen) atoms. The molecule has 3 heteroatoms. The fraction of sp³-hybridized carbons (Fsp3) is 0.600. The van der Waals surface area contributed by atoms with Gasteiger partial charge in [-0.05, 0) is 43.7 Å². The van der Waals surface area contributed by atoms with Gasteiger partial charge in [-0.25, -0.2) is 0 Å². The lowest BCUT2D eigenvalue weighted by Gasteiger charge is -2.08. The average molecular weight is 198 g/mol. The van der Waals surface area contributed by atoms with Crippen LogP contribution in [0.25, 0.3) is 0 Å². The molecule has 2 nitrogen and oxygen atoms in total. The molecule has 0 radical (unpaired) electrons. The molecule has 1 aromatic rings. The highest BCUT2D eigenvalue weighted by molar-refractivity contribution is 7.10. The van der Waals surface area contributed by atoms with Gasteiger partial charge in [0.25, 0.3) is 0 Å². The Balaban J connectivity index is 2.65. The lowest BCUT2D eigenvalue weighted by molar-refractivity contribution is 0.711. The average Bonchev–Trinajstić information content (AvgIpc) is 2.34.